The van der Waals surface area contributed by atoms with Crippen LogP contribution in [0.5, 0.6) is 0 Å². The summed E-state index contributed by atoms with van der Waals surface area (Å²) in [5, 5.41) is 0. The summed E-state index contributed by atoms with van der Waals surface area (Å²) in [5.41, 5.74) is 6.91. The van der Waals surface area contributed by atoms with Gasteiger partial charge in [0.25, 0.3) is 0 Å². The highest BCUT2D eigenvalue weighted by Gasteiger charge is 2.06. The molecule has 2 heterocycles. The fourth-order valence-corrected chi connectivity index (χ4v) is 1.52. The third-order valence-corrected chi connectivity index (χ3v) is 2.13. The maximum absolute atomic E-state index is 5.78. The molecule has 0 aliphatic rings. The van der Waals surface area contributed by atoms with Crippen LogP contribution in [0.1, 0.15) is 12.6 Å². The van der Waals surface area contributed by atoms with E-state index in [-0.39, 0.29) is 6.04 Å². The zero-order valence-electron chi connectivity index (χ0n) is 8.67. The molecule has 0 saturated heterocycles. The SMILES string of the molecule is CC(N)Cc1cccn1-c1ncccn1. The molecular weight excluding hydrogens is 188 g/mol. The summed E-state index contributed by atoms with van der Waals surface area (Å²) >= 11 is 0. The molecule has 78 valence electrons. The molecule has 4 heteroatoms. The van der Waals surface area contributed by atoms with Gasteiger partial charge in [0.2, 0.25) is 5.95 Å². The van der Waals surface area contributed by atoms with Crippen LogP contribution in [-0.2, 0) is 6.42 Å². The molecule has 0 spiro atoms. The molecule has 0 amide bonds. The van der Waals surface area contributed by atoms with Crippen LogP contribution in [0, 0.1) is 0 Å². The Kier molecular flexibility index (Phi) is 2.78. The first-order valence-electron chi connectivity index (χ1n) is 4.96. The second-order valence-corrected chi connectivity index (χ2v) is 3.60. The molecular formula is C11H14N4. The van der Waals surface area contributed by atoms with Gasteiger partial charge in [0.15, 0.2) is 0 Å². The van der Waals surface area contributed by atoms with Crippen molar-refractivity contribution < 1.29 is 0 Å². The summed E-state index contributed by atoms with van der Waals surface area (Å²) in [4.78, 5) is 8.40. The zero-order chi connectivity index (χ0) is 10.7. The Bertz CT molecular complexity index is 419. The van der Waals surface area contributed by atoms with E-state index in [0.29, 0.717) is 5.95 Å². The van der Waals surface area contributed by atoms with Crippen molar-refractivity contribution in [2.45, 2.75) is 19.4 Å². The molecule has 0 aromatic carbocycles. The molecule has 0 aliphatic carbocycles. The van der Waals surface area contributed by atoms with Gasteiger partial charge in [0.05, 0.1) is 0 Å². The number of rotatable bonds is 3. The van der Waals surface area contributed by atoms with Crippen LogP contribution >= 0.6 is 0 Å². The van der Waals surface area contributed by atoms with Crippen LogP contribution < -0.4 is 5.73 Å². The van der Waals surface area contributed by atoms with Gasteiger partial charge in [-0.3, -0.25) is 4.57 Å². The molecule has 2 aromatic heterocycles. The summed E-state index contributed by atoms with van der Waals surface area (Å²) < 4.78 is 1.96. The number of aromatic nitrogens is 3. The van der Waals surface area contributed by atoms with Crippen molar-refractivity contribution in [2.24, 2.45) is 5.73 Å². The molecule has 2 aromatic rings. The summed E-state index contributed by atoms with van der Waals surface area (Å²) in [5.74, 6) is 0.693. The van der Waals surface area contributed by atoms with Gasteiger partial charge in [0.1, 0.15) is 0 Å². The van der Waals surface area contributed by atoms with E-state index in [1.165, 1.54) is 0 Å². The maximum Gasteiger partial charge on any atom is 0.233 e. The van der Waals surface area contributed by atoms with Gasteiger partial charge in [-0.2, -0.15) is 0 Å². The number of hydrogen-bond donors (Lipinski definition) is 1. The molecule has 0 aliphatic heterocycles. The van der Waals surface area contributed by atoms with Crippen molar-refractivity contribution in [3.8, 4) is 5.95 Å². The number of hydrogen-bond acceptors (Lipinski definition) is 3. The Balaban J connectivity index is 2.33. The third kappa shape index (κ3) is 2.22. The average Bonchev–Trinajstić information content (AvgIpc) is 2.66. The highest BCUT2D eigenvalue weighted by molar-refractivity contribution is 5.21. The summed E-state index contributed by atoms with van der Waals surface area (Å²) in [6.07, 6.45) is 6.24. The molecule has 0 saturated carbocycles. The Morgan fingerprint density at radius 1 is 1.33 bits per heavy atom. The van der Waals surface area contributed by atoms with Crippen LogP contribution in [-0.4, -0.2) is 20.6 Å². The molecule has 4 nitrogen and oxygen atoms in total. The van der Waals surface area contributed by atoms with E-state index >= 15 is 0 Å². The van der Waals surface area contributed by atoms with Gasteiger partial charge in [-0.1, -0.05) is 0 Å². The Morgan fingerprint density at radius 3 is 2.73 bits per heavy atom. The number of nitrogens with zero attached hydrogens (tertiary/aromatic N) is 3. The van der Waals surface area contributed by atoms with Crippen LogP contribution in [0.4, 0.5) is 0 Å². The largest absolute Gasteiger partial charge is 0.328 e. The number of nitrogens with two attached hydrogens (primary N) is 1. The van der Waals surface area contributed by atoms with Crippen molar-refractivity contribution in [3.05, 3.63) is 42.5 Å². The summed E-state index contributed by atoms with van der Waals surface area (Å²) in [6, 6.07) is 5.97. The third-order valence-electron chi connectivity index (χ3n) is 2.13. The van der Waals surface area contributed by atoms with Crippen LogP contribution in [0.3, 0.4) is 0 Å². The summed E-state index contributed by atoms with van der Waals surface area (Å²) in [6.45, 7) is 1.99. The van der Waals surface area contributed by atoms with Gasteiger partial charge in [0, 0.05) is 36.7 Å². The van der Waals surface area contributed by atoms with Gasteiger partial charge in [-0.05, 0) is 25.1 Å². The van der Waals surface area contributed by atoms with Crippen LogP contribution in [0.15, 0.2) is 36.8 Å². The Hall–Kier alpha value is -1.68. The molecule has 2 N–H and O–H groups in total. The lowest BCUT2D eigenvalue weighted by atomic mass is 10.2. The van der Waals surface area contributed by atoms with E-state index in [1.54, 1.807) is 18.5 Å². The van der Waals surface area contributed by atoms with Gasteiger partial charge in [-0.25, -0.2) is 9.97 Å². The predicted molar refractivity (Wildman–Crippen MR) is 58.7 cm³/mol. The lowest BCUT2D eigenvalue weighted by Crippen LogP contribution is -2.19. The molecule has 1 atom stereocenters. The van der Waals surface area contributed by atoms with E-state index in [2.05, 4.69) is 9.97 Å². The first kappa shape index (κ1) is 9.86. The van der Waals surface area contributed by atoms with Crippen molar-refractivity contribution in [2.75, 3.05) is 0 Å². The molecule has 1 unspecified atom stereocenters. The quantitative estimate of drug-likeness (QED) is 0.812. The summed E-state index contributed by atoms with van der Waals surface area (Å²) in [7, 11) is 0. The fraction of sp³-hybridized carbons (Fsp3) is 0.273. The minimum atomic E-state index is 0.141. The highest BCUT2D eigenvalue weighted by atomic mass is 15.1. The monoisotopic (exact) mass is 202 g/mol. The molecule has 0 fully saturated rings. The van der Waals surface area contributed by atoms with Crippen molar-refractivity contribution in [3.63, 3.8) is 0 Å². The van der Waals surface area contributed by atoms with Crippen molar-refractivity contribution >= 4 is 0 Å². The van der Waals surface area contributed by atoms with E-state index in [9.17, 15) is 0 Å². The highest BCUT2D eigenvalue weighted by Crippen LogP contribution is 2.09. The first-order valence-corrected chi connectivity index (χ1v) is 4.96. The second kappa shape index (κ2) is 4.23. The molecule has 2 rings (SSSR count). The van der Waals surface area contributed by atoms with E-state index in [0.717, 1.165) is 12.1 Å². The minimum absolute atomic E-state index is 0.141. The van der Waals surface area contributed by atoms with E-state index in [1.807, 2.05) is 29.8 Å². The van der Waals surface area contributed by atoms with Gasteiger partial charge >= 0.3 is 0 Å². The molecule has 0 radical (unpaired) electrons. The average molecular weight is 202 g/mol. The molecule has 15 heavy (non-hydrogen) atoms. The predicted octanol–water partition coefficient (Wildman–Crippen LogP) is 1.16. The topological polar surface area (TPSA) is 56.7 Å². The first-order chi connectivity index (χ1) is 7.27. The van der Waals surface area contributed by atoms with Gasteiger partial charge in [-0.15, -0.1) is 0 Å². The van der Waals surface area contributed by atoms with Crippen LogP contribution in [0.2, 0.25) is 0 Å². The molecule has 0 bridgehead atoms. The Labute approximate surface area is 88.8 Å². The minimum Gasteiger partial charge on any atom is -0.328 e. The maximum atomic E-state index is 5.78. The van der Waals surface area contributed by atoms with Crippen molar-refractivity contribution in [1.82, 2.24) is 14.5 Å². The van der Waals surface area contributed by atoms with Crippen LogP contribution in [0.25, 0.3) is 5.95 Å². The van der Waals surface area contributed by atoms with Crippen molar-refractivity contribution in [1.29, 1.82) is 0 Å². The lowest BCUT2D eigenvalue weighted by Gasteiger charge is -2.08. The van der Waals surface area contributed by atoms with Gasteiger partial charge < -0.3 is 5.73 Å². The lowest BCUT2D eigenvalue weighted by molar-refractivity contribution is 0.702. The zero-order valence-corrected chi connectivity index (χ0v) is 8.67. The smallest absolute Gasteiger partial charge is 0.233 e. The fourth-order valence-electron chi connectivity index (χ4n) is 1.52. The normalized spacial score (nSPS) is 12.7. The van der Waals surface area contributed by atoms with E-state index in [4.69, 9.17) is 5.73 Å². The Morgan fingerprint density at radius 2 is 2.07 bits per heavy atom. The standard InChI is InChI=1S/C11H14N4/c1-9(12)8-10-4-2-7-15(10)11-13-5-3-6-14-11/h2-7,9H,8,12H2,1H3. The van der Waals surface area contributed by atoms with E-state index < -0.39 is 0 Å². The second-order valence-electron chi connectivity index (χ2n) is 3.60.